The molecule has 1 aromatic rings. The Bertz CT molecular complexity index is 479. The number of hydrogen-bond acceptors (Lipinski definition) is 3. The van der Waals surface area contributed by atoms with Gasteiger partial charge in [0.15, 0.2) is 0 Å². The molecule has 0 bridgehead atoms. The Kier molecular flexibility index (Phi) is 5.46. The number of hydrogen-bond donors (Lipinski definition) is 2. The van der Waals surface area contributed by atoms with Gasteiger partial charge >= 0.3 is 0 Å². The molecule has 3 nitrogen and oxygen atoms in total. The summed E-state index contributed by atoms with van der Waals surface area (Å²) >= 11 is 4.94. The minimum absolute atomic E-state index is 0.214. The maximum Gasteiger partial charge on any atom is 0.127 e. The molecule has 1 atom stereocenters. The number of aliphatic hydroxyl groups excluding tert-OH is 1. The zero-order valence-corrected chi connectivity index (χ0v) is 12.3. The fourth-order valence-corrected chi connectivity index (χ4v) is 2.93. The maximum absolute atomic E-state index is 13.9. The summed E-state index contributed by atoms with van der Waals surface area (Å²) in [4.78, 5) is 2.54. The van der Waals surface area contributed by atoms with Crippen LogP contribution in [-0.4, -0.2) is 34.7 Å². The molecule has 1 aliphatic rings. The number of aliphatic hydroxyl groups is 1. The molecule has 0 aromatic heterocycles. The van der Waals surface area contributed by atoms with Gasteiger partial charge in [0, 0.05) is 30.8 Å². The van der Waals surface area contributed by atoms with Gasteiger partial charge in [-0.2, -0.15) is 0 Å². The van der Waals surface area contributed by atoms with E-state index in [2.05, 4.69) is 4.90 Å². The number of thiocarbonyl (C=S) groups is 1. The van der Waals surface area contributed by atoms with E-state index in [1.165, 1.54) is 6.07 Å². The molecule has 0 amide bonds. The van der Waals surface area contributed by atoms with Crippen molar-refractivity contribution in [3.8, 4) is 0 Å². The SMILES string of the molecule is NC(=S)c1ccc(F)c(CN2CCCC(CCO)C2)c1. The second-order valence-corrected chi connectivity index (χ2v) is 5.87. The summed E-state index contributed by atoms with van der Waals surface area (Å²) in [6.07, 6.45) is 3.07. The summed E-state index contributed by atoms with van der Waals surface area (Å²) in [5.74, 6) is 0.296. The zero-order valence-electron chi connectivity index (χ0n) is 11.5. The lowest BCUT2D eigenvalue weighted by Gasteiger charge is -2.32. The predicted molar refractivity (Wildman–Crippen MR) is 82.0 cm³/mol. The summed E-state index contributed by atoms with van der Waals surface area (Å²) in [5.41, 5.74) is 6.94. The van der Waals surface area contributed by atoms with Crippen molar-refractivity contribution < 1.29 is 9.50 Å². The largest absolute Gasteiger partial charge is 0.396 e. The van der Waals surface area contributed by atoms with Crippen molar-refractivity contribution in [1.82, 2.24) is 4.90 Å². The van der Waals surface area contributed by atoms with Crippen LogP contribution in [0, 0.1) is 11.7 Å². The summed E-state index contributed by atoms with van der Waals surface area (Å²) in [6.45, 7) is 2.68. The highest BCUT2D eigenvalue weighted by Gasteiger charge is 2.20. The molecular formula is C15H21FN2OS. The van der Waals surface area contributed by atoms with Crippen molar-refractivity contribution in [2.75, 3.05) is 19.7 Å². The molecule has 1 unspecified atom stereocenters. The molecule has 20 heavy (non-hydrogen) atoms. The van der Waals surface area contributed by atoms with Gasteiger partial charge in [0.05, 0.1) is 0 Å². The zero-order chi connectivity index (χ0) is 14.5. The second-order valence-electron chi connectivity index (χ2n) is 5.43. The molecule has 1 aromatic carbocycles. The van der Waals surface area contributed by atoms with E-state index < -0.39 is 0 Å². The van der Waals surface area contributed by atoms with Crippen LogP contribution >= 0.6 is 12.2 Å². The van der Waals surface area contributed by atoms with Gasteiger partial charge in [0.1, 0.15) is 10.8 Å². The van der Waals surface area contributed by atoms with E-state index in [-0.39, 0.29) is 12.4 Å². The quantitative estimate of drug-likeness (QED) is 0.817. The number of piperidine rings is 1. The van der Waals surface area contributed by atoms with Crippen LogP contribution in [-0.2, 0) is 6.54 Å². The molecule has 3 N–H and O–H groups in total. The van der Waals surface area contributed by atoms with Crippen molar-refractivity contribution >= 4 is 17.2 Å². The summed E-state index contributed by atoms with van der Waals surface area (Å²) < 4.78 is 13.9. The highest BCUT2D eigenvalue weighted by molar-refractivity contribution is 7.80. The first kappa shape index (κ1) is 15.4. The van der Waals surface area contributed by atoms with Crippen molar-refractivity contribution in [1.29, 1.82) is 0 Å². The second kappa shape index (κ2) is 7.11. The fraction of sp³-hybridized carbons (Fsp3) is 0.533. The van der Waals surface area contributed by atoms with Crippen LogP contribution < -0.4 is 5.73 Å². The maximum atomic E-state index is 13.9. The Morgan fingerprint density at radius 3 is 3.00 bits per heavy atom. The van der Waals surface area contributed by atoms with Gasteiger partial charge < -0.3 is 10.8 Å². The molecule has 1 fully saturated rings. The van der Waals surface area contributed by atoms with Crippen molar-refractivity contribution in [3.63, 3.8) is 0 Å². The lowest BCUT2D eigenvalue weighted by atomic mass is 9.94. The minimum Gasteiger partial charge on any atom is -0.396 e. The normalized spacial score (nSPS) is 20.0. The average molecular weight is 296 g/mol. The third kappa shape index (κ3) is 3.98. The minimum atomic E-state index is -0.214. The van der Waals surface area contributed by atoms with Crippen molar-refractivity contribution in [2.45, 2.75) is 25.8 Å². The highest BCUT2D eigenvalue weighted by Crippen LogP contribution is 2.22. The average Bonchev–Trinajstić information content (AvgIpc) is 2.42. The molecule has 1 saturated heterocycles. The van der Waals surface area contributed by atoms with Gasteiger partial charge in [0.2, 0.25) is 0 Å². The Labute approximate surface area is 124 Å². The lowest BCUT2D eigenvalue weighted by molar-refractivity contribution is 0.141. The molecule has 1 aliphatic heterocycles. The Morgan fingerprint density at radius 1 is 1.50 bits per heavy atom. The van der Waals surface area contributed by atoms with E-state index in [0.717, 1.165) is 32.4 Å². The van der Waals surface area contributed by atoms with E-state index in [0.29, 0.717) is 28.6 Å². The molecule has 5 heteroatoms. The molecule has 0 spiro atoms. The molecule has 0 saturated carbocycles. The number of nitrogens with zero attached hydrogens (tertiary/aromatic N) is 1. The van der Waals surface area contributed by atoms with Crippen LogP contribution in [0.15, 0.2) is 18.2 Å². The first-order chi connectivity index (χ1) is 9.60. The number of nitrogens with two attached hydrogens (primary N) is 1. The number of likely N-dealkylation sites (tertiary alicyclic amines) is 1. The molecule has 0 radical (unpaired) electrons. The standard InChI is InChI=1S/C15H21FN2OS/c16-14-4-3-12(15(17)20)8-13(14)10-18-6-1-2-11(9-18)5-7-19/h3-4,8,11,19H,1-2,5-7,9-10H2,(H2,17,20). The number of halogens is 1. The van der Waals surface area contributed by atoms with E-state index >= 15 is 0 Å². The van der Waals surface area contributed by atoms with Gasteiger partial charge in [-0.3, -0.25) is 4.90 Å². The van der Waals surface area contributed by atoms with Crippen LogP contribution in [0.2, 0.25) is 0 Å². The van der Waals surface area contributed by atoms with Crippen LogP contribution in [0.1, 0.15) is 30.4 Å². The fourth-order valence-electron chi connectivity index (χ4n) is 2.80. The number of benzene rings is 1. The third-order valence-corrected chi connectivity index (χ3v) is 4.10. The smallest absolute Gasteiger partial charge is 0.127 e. The topological polar surface area (TPSA) is 49.5 Å². The van der Waals surface area contributed by atoms with Gasteiger partial charge in [-0.1, -0.05) is 12.2 Å². The van der Waals surface area contributed by atoms with Crippen LogP contribution in [0.5, 0.6) is 0 Å². The van der Waals surface area contributed by atoms with E-state index in [4.69, 9.17) is 23.1 Å². The van der Waals surface area contributed by atoms with Gasteiger partial charge in [-0.05, 0) is 49.9 Å². The van der Waals surface area contributed by atoms with E-state index in [1.54, 1.807) is 12.1 Å². The van der Waals surface area contributed by atoms with Crippen LogP contribution in [0.3, 0.4) is 0 Å². The van der Waals surface area contributed by atoms with Crippen LogP contribution in [0.25, 0.3) is 0 Å². The summed E-state index contributed by atoms with van der Waals surface area (Å²) in [7, 11) is 0. The monoisotopic (exact) mass is 296 g/mol. The summed E-state index contributed by atoms with van der Waals surface area (Å²) in [5, 5.41) is 9.03. The van der Waals surface area contributed by atoms with Crippen LogP contribution in [0.4, 0.5) is 4.39 Å². The van der Waals surface area contributed by atoms with E-state index in [9.17, 15) is 4.39 Å². The Morgan fingerprint density at radius 2 is 2.30 bits per heavy atom. The molecule has 1 heterocycles. The molecule has 2 rings (SSSR count). The highest BCUT2D eigenvalue weighted by atomic mass is 32.1. The first-order valence-electron chi connectivity index (χ1n) is 7.01. The van der Waals surface area contributed by atoms with Gasteiger partial charge in [0.25, 0.3) is 0 Å². The molecule has 0 aliphatic carbocycles. The lowest BCUT2D eigenvalue weighted by Crippen LogP contribution is -2.35. The Balaban J connectivity index is 2.05. The van der Waals surface area contributed by atoms with Crippen molar-refractivity contribution in [2.24, 2.45) is 11.7 Å². The number of rotatable bonds is 5. The predicted octanol–water partition coefficient (Wildman–Crippen LogP) is 2.05. The molecular weight excluding hydrogens is 275 g/mol. The van der Waals surface area contributed by atoms with E-state index in [1.807, 2.05) is 0 Å². The van der Waals surface area contributed by atoms with Crippen molar-refractivity contribution in [3.05, 3.63) is 35.1 Å². The summed E-state index contributed by atoms with van der Waals surface area (Å²) in [6, 6.07) is 4.79. The van der Waals surface area contributed by atoms with Gasteiger partial charge in [-0.15, -0.1) is 0 Å². The third-order valence-electron chi connectivity index (χ3n) is 3.86. The first-order valence-corrected chi connectivity index (χ1v) is 7.42. The van der Waals surface area contributed by atoms with Gasteiger partial charge in [-0.25, -0.2) is 4.39 Å². The Hall–Kier alpha value is -1.04. The molecule has 110 valence electrons.